The highest BCUT2D eigenvalue weighted by Gasteiger charge is 2.38. The molecule has 0 spiro atoms. The van der Waals surface area contributed by atoms with Crippen molar-refractivity contribution in [3.8, 4) is 5.75 Å². The van der Waals surface area contributed by atoms with Gasteiger partial charge in [0.05, 0.1) is 12.7 Å². The second-order valence-corrected chi connectivity index (χ2v) is 4.24. The van der Waals surface area contributed by atoms with Crippen LogP contribution in [0.5, 0.6) is 5.75 Å². The topological polar surface area (TPSA) is 29.5 Å². The van der Waals surface area contributed by atoms with Crippen LogP contribution in [-0.4, -0.2) is 17.8 Å². The number of rotatable bonds is 3. The van der Waals surface area contributed by atoms with Gasteiger partial charge in [0.2, 0.25) is 0 Å². The van der Waals surface area contributed by atoms with Crippen molar-refractivity contribution in [3.63, 3.8) is 0 Å². The van der Waals surface area contributed by atoms with Gasteiger partial charge in [-0.25, -0.2) is 0 Å². The van der Waals surface area contributed by atoms with Gasteiger partial charge in [0, 0.05) is 0 Å². The van der Waals surface area contributed by atoms with Gasteiger partial charge in [-0.1, -0.05) is 25.1 Å². The zero-order chi connectivity index (χ0) is 10.8. The summed E-state index contributed by atoms with van der Waals surface area (Å²) in [6.07, 6.45) is 0.732. The summed E-state index contributed by atoms with van der Waals surface area (Å²) in [5, 5.41) is 9.53. The van der Waals surface area contributed by atoms with E-state index in [4.69, 9.17) is 4.74 Å². The van der Waals surface area contributed by atoms with E-state index >= 15 is 0 Å². The van der Waals surface area contributed by atoms with Crippen molar-refractivity contribution in [1.82, 2.24) is 0 Å². The second kappa shape index (κ2) is 4.23. The average molecular weight is 206 g/mol. The van der Waals surface area contributed by atoms with E-state index in [1.807, 2.05) is 25.1 Å². The summed E-state index contributed by atoms with van der Waals surface area (Å²) in [6.45, 7) is 4.79. The van der Waals surface area contributed by atoms with Crippen LogP contribution < -0.4 is 4.74 Å². The number of aliphatic hydroxyl groups is 1. The van der Waals surface area contributed by atoms with Crippen molar-refractivity contribution in [3.05, 3.63) is 29.8 Å². The van der Waals surface area contributed by atoms with Gasteiger partial charge in [-0.15, -0.1) is 0 Å². The van der Waals surface area contributed by atoms with E-state index in [-0.39, 0.29) is 6.10 Å². The smallest absolute Gasteiger partial charge is 0.122 e. The molecule has 0 saturated heterocycles. The number of para-hydroxylation sites is 1. The molecule has 3 atom stereocenters. The third-order valence-corrected chi connectivity index (χ3v) is 3.36. The zero-order valence-electron chi connectivity index (χ0n) is 9.31. The number of hydrogen-bond donors (Lipinski definition) is 1. The van der Waals surface area contributed by atoms with Crippen LogP contribution >= 0.6 is 0 Å². The second-order valence-electron chi connectivity index (χ2n) is 4.24. The molecule has 2 rings (SSSR count). The molecule has 0 heterocycles. The van der Waals surface area contributed by atoms with Gasteiger partial charge in [0.25, 0.3) is 0 Å². The Morgan fingerprint density at radius 1 is 1.40 bits per heavy atom. The summed E-state index contributed by atoms with van der Waals surface area (Å²) < 4.78 is 5.60. The van der Waals surface area contributed by atoms with E-state index in [2.05, 4.69) is 13.0 Å². The predicted molar refractivity (Wildman–Crippen MR) is 60.1 cm³/mol. The molecular formula is C13H18O2. The molecule has 15 heavy (non-hydrogen) atoms. The lowest BCUT2D eigenvalue weighted by Gasteiger charge is -2.40. The third-order valence-electron chi connectivity index (χ3n) is 3.36. The molecule has 1 aliphatic carbocycles. The van der Waals surface area contributed by atoms with Gasteiger partial charge in [0.1, 0.15) is 5.75 Å². The Bertz CT molecular complexity index is 335. The first-order valence-electron chi connectivity index (χ1n) is 5.63. The molecule has 1 aromatic carbocycles. The zero-order valence-corrected chi connectivity index (χ0v) is 9.31. The number of ether oxygens (including phenoxy) is 1. The lowest BCUT2D eigenvalue weighted by molar-refractivity contribution is 0.0108. The quantitative estimate of drug-likeness (QED) is 0.823. The highest BCUT2D eigenvalue weighted by atomic mass is 16.5. The molecule has 0 radical (unpaired) electrons. The number of benzene rings is 1. The summed E-state index contributed by atoms with van der Waals surface area (Å²) in [4.78, 5) is 0. The Morgan fingerprint density at radius 3 is 2.73 bits per heavy atom. The summed E-state index contributed by atoms with van der Waals surface area (Å²) in [7, 11) is 0. The number of aliphatic hydroxyl groups excluding tert-OH is 1. The first kappa shape index (κ1) is 10.5. The lowest BCUT2D eigenvalue weighted by Crippen LogP contribution is -2.37. The molecule has 82 valence electrons. The predicted octanol–water partition coefficient (Wildman–Crippen LogP) is 2.57. The van der Waals surface area contributed by atoms with Crippen LogP contribution in [0, 0.1) is 5.92 Å². The molecule has 3 unspecified atom stereocenters. The number of hydrogen-bond acceptors (Lipinski definition) is 2. The monoisotopic (exact) mass is 206 g/mol. The van der Waals surface area contributed by atoms with E-state index in [9.17, 15) is 5.11 Å². The molecular weight excluding hydrogens is 188 g/mol. The van der Waals surface area contributed by atoms with Gasteiger partial charge >= 0.3 is 0 Å². The van der Waals surface area contributed by atoms with Gasteiger partial charge in [-0.05, 0) is 36.8 Å². The standard InChI is InChI=1S/C13H18O2/c1-3-15-13-7-5-4-6-10(13)11-8-12(14)9(11)2/h4-7,9,11-12,14H,3,8H2,1-2H3. The fraction of sp³-hybridized carbons (Fsp3) is 0.538. The summed E-state index contributed by atoms with van der Waals surface area (Å²) in [5.41, 5.74) is 1.25. The molecule has 0 bridgehead atoms. The van der Waals surface area contributed by atoms with E-state index in [1.54, 1.807) is 0 Å². The normalized spacial score (nSPS) is 29.7. The summed E-state index contributed by atoms with van der Waals surface area (Å²) in [6, 6.07) is 8.15. The van der Waals surface area contributed by atoms with Gasteiger partial charge < -0.3 is 9.84 Å². The van der Waals surface area contributed by atoms with Crippen LogP contribution in [0.2, 0.25) is 0 Å². The van der Waals surface area contributed by atoms with Crippen molar-refractivity contribution in [2.45, 2.75) is 32.3 Å². The Morgan fingerprint density at radius 2 is 2.13 bits per heavy atom. The van der Waals surface area contributed by atoms with Crippen LogP contribution in [0.3, 0.4) is 0 Å². The minimum atomic E-state index is -0.135. The van der Waals surface area contributed by atoms with Gasteiger partial charge in [-0.2, -0.15) is 0 Å². The van der Waals surface area contributed by atoms with E-state index < -0.39 is 0 Å². The van der Waals surface area contributed by atoms with E-state index in [0.29, 0.717) is 18.4 Å². The molecule has 2 heteroatoms. The molecule has 0 amide bonds. The van der Waals surface area contributed by atoms with Crippen molar-refractivity contribution < 1.29 is 9.84 Å². The first-order chi connectivity index (χ1) is 7.24. The molecule has 1 N–H and O–H groups in total. The van der Waals surface area contributed by atoms with Crippen LogP contribution in [0.1, 0.15) is 31.7 Å². The van der Waals surface area contributed by atoms with Crippen molar-refractivity contribution >= 4 is 0 Å². The third kappa shape index (κ3) is 1.86. The SMILES string of the molecule is CCOc1ccccc1C1CC(O)C1C. The summed E-state index contributed by atoms with van der Waals surface area (Å²) in [5.74, 6) is 1.79. The van der Waals surface area contributed by atoms with Crippen molar-refractivity contribution in [1.29, 1.82) is 0 Å². The molecule has 1 aromatic rings. The van der Waals surface area contributed by atoms with Crippen LogP contribution in [-0.2, 0) is 0 Å². The average Bonchev–Trinajstić information content (AvgIpc) is 2.27. The summed E-state index contributed by atoms with van der Waals surface area (Å²) >= 11 is 0. The van der Waals surface area contributed by atoms with E-state index in [1.165, 1.54) is 5.56 Å². The Labute approximate surface area is 90.9 Å². The molecule has 0 aliphatic heterocycles. The molecule has 0 aromatic heterocycles. The Kier molecular flexibility index (Phi) is 2.96. The maximum atomic E-state index is 9.53. The maximum Gasteiger partial charge on any atom is 0.122 e. The largest absolute Gasteiger partial charge is 0.494 e. The van der Waals surface area contributed by atoms with Crippen LogP contribution in [0.15, 0.2) is 24.3 Å². The maximum absolute atomic E-state index is 9.53. The molecule has 1 saturated carbocycles. The molecule has 2 nitrogen and oxygen atoms in total. The van der Waals surface area contributed by atoms with Crippen LogP contribution in [0.4, 0.5) is 0 Å². The lowest BCUT2D eigenvalue weighted by atomic mass is 9.68. The Balaban J connectivity index is 2.20. The highest BCUT2D eigenvalue weighted by Crippen LogP contribution is 2.45. The van der Waals surface area contributed by atoms with Crippen molar-refractivity contribution in [2.24, 2.45) is 5.92 Å². The van der Waals surface area contributed by atoms with Crippen molar-refractivity contribution in [2.75, 3.05) is 6.61 Å². The first-order valence-corrected chi connectivity index (χ1v) is 5.63. The van der Waals surface area contributed by atoms with Crippen LogP contribution in [0.25, 0.3) is 0 Å². The fourth-order valence-corrected chi connectivity index (χ4v) is 2.25. The Hall–Kier alpha value is -1.02. The molecule has 1 aliphatic rings. The van der Waals surface area contributed by atoms with Gasteiger partial charge in [0.15, 0.2) is 0 Å². The fourth-order valence-electron chi connectivity index (χ4n) is 2.25. The highest BCUT2D eigenvalue weighted by molar-refractivity contribution is 5.38. The molecule has 1 fully saturated rings. The van der Waals surface area contributed by atoms with E-state index in [0.717, 1.165) is 12.2 Å². The minimum absolute atomic E-state index is 0.135. The minimum Gasteiger partial charge on any atom is -0.494 e. The van der Waals surface area contributed by atoms with Gasteiger partial charge in [-0.3, -0.25) is 0 Å².